The summed E-state index contributed by atoms with van der Waals surface area (Å²) in [5.74, 6) is -1.06. The summed E-state index contributed by atoms with van der Waals surface area (Å²) in [6, 6.07) is 0. The van der Waals surface area contributed by atoms with Crippen molar-refractivity contribution in [2.45, 2.75) is 0 Å². The van der Waals surface area contributed by atoms with Crippen LogP contribution in [0.25, 0.3) is 0 Å². The third kappa shape index (κ3) is 2.77. The summed E-state index contributed by atoms with van der Waals surface area (Å²) in [4.78, 5) is 39.5. The Morgan fingerprint density at radius 3 is 2.08 bits per heavy atom. The Morgan fingerprint density at radius 2 is 1.69 bits per heavy atom. The van der Waals surface area contributed by atoms with E-state index in [1.807, 2.05) is 0 Å². The first-order chi connectivity index (χ1) is 5.90. The lowest BCUT2D eigenvalue weighted by Gasteiger charge is -2.13. The molecular weight excluding hydrogens is 197 g/mol. The van der Waals surface area contributed by atoms with Gasteiger partial charge in [-0.15, -0.1) is 0 Å². The van der Waals surface area contributed by atoms with E-state index in [9.17, 15) is 14.2 Å². The van der Waals surface area contributed by atoms with Gasteiger partial charge in [-0.2, -0.15) is 0 Å². The van der Waals surface area contributed by atoms with Gasteiger partial charge in [0, 0.05) is 18.7 Å². The second-order valence-corrected chi connectivity index (χ2v) is 4.33. The molecule has 1 rings (SSSR count). The molecule has 2 N–H and O–H groups in total. The molecule has 7 heteroatoms. The molecule has 0 aromatic rings. The van der Waals surface area contributed by atoms with Crippen molar-refractivity contribution in [3.8, 4) is 0 Å². The van der Waals surface area contributed by atoms with Gasteiger partial charge < -0.3 is 9.79 Å². The van der Waals surface area contributed by atoms with Crippen molar-refractivity contribution in [2.75, 3.05) is 12.7 Å². The molecule has 2 amide bonds. The molecule has 0 atom stereocenters. The fourth-order valence-corrected chi connectivity index (χ4v) is 1.34. The summed E-state index contributed by atoms with van der Waals surface area (Å²) in [5.41, 5.74) is 0. The molecule has 1 aliphatic heterocycles. The second kappa shape index (κ2) is 3.41. The number of carbonyl (C=O) groups excluding carboxylic acids is 2. The average molecular weight is 205 g/mol. The topological polar surface area (TPSA) is 94.9 Å². The molecule has 0 saturated heterocycles. The van der Waals surface area contributed by atoms with Gasteiger partial charge in [0.25, 0.3) is 11.8 Å². The SMILES string of the molecule is O=C1C=CC(=O)N1CCP(=O)(O)O. The van der Waals surface area contributed by atoms with Gasteiger partial charge in [0.15, 0.2) is 0 Å². The first kappa shape index (κ1) is 10.1. The summed E-state index contributed by atoms with van der Waals surface area (Å²) < 4.78 is 10.4. The van der Waals surface area contributed by atoms with Crippen LogP contribution in [0.4, 0.5) is 0 Å². The van der Waals surface area contributed by atoms with Crippen LogP contribution < -0.4 is 0 Å². The van der Waals surface area contributed by atoms with E-state index < -0.39 is 25.6 Å². The zero-order valence-corrected chi connectivity index (χ0v) is 7.48. The van der Waals surface area contributed by atoms with Crippen molar-refractivity contribution in [2.24, 2.45) is 0 Å². The molecule has 0 aromatic carbocycles. The standard InChI is InChI=1S/C6H8NO5P/c8-5-1-2-6(9)7(5)3-4-13(10,11)12/h1-2H,3-4H2,(H2,10,11,12). The number of imide groups is 1. The average Bonchev–Trinajstić information content (AvgIpc) is 2.27. The molecule has 0 unspecified atom stereocenters. The molecule has 0 aromatic heterocycles. The molecule has 0 radical (unpaired) electrons. The Hall–Kier alpha value is -0.970. The predicted molar refractivity (Wildman–Crippen MR) is 42.8 cm³/mol. The van der Waals surface area contributed by atoms with Crippen molar-refractivity contribution in [1.29, 1.82) is 0 Å². The van der Waals surface area contributed by atoms with Crippen molar-refractivity contribution < 1.29 is 23.9 Å². The van der Waals surface area contributed by atoms with E-state index in [2.05, 4.69) is 0 Å². The van der Waals surface area contributed by atoms with Crippen molar-refractivity contribution in [1.82, 2.24) is 4.90 Å². The van der Waals surface area contributed by atoms with E-state index in [4.69, 9.17) is 9.79 Å². The Bertz CT molecular complexity index is 299. The van der Waals surface area contributed by atoms with Gasteiger partial charge in [0.05, 0.1) is 6.16 Å². The molecule has 13 heavy (non-hydrogen) atoms. The highest BCUT2D eigenvalue weighted by atomic mass is 31.2. The fraction of sp³-hybridized carbons (Fsp3) is 0.333. The van der Waals surface area contributed by atoms with Crippen molar-refractivity contribution >= 4 is 19.4 Å². The molecule has 0 saturated carbocycles. The molecule has 0 aliphatic carbocycles. The Labute approximate surface area is 74.0 Å². The number of nitrogens with zero attached hydrogens (tertiary/aromatic N) is 1. The zero-order chi connectivity index (χ0) is 10.1. The minimum atomic E-state index is -4.15. The number of carbonyl (C=O) groups is 2. The Morgan fingerprint density at radius 1 is 1.23 bits per heavy atom. The lowest BCUT2D eigenvalue weighted by atomic mass is 10.5. The summed E-state index contributed by atoms with van der Waals surface area (Å²) >= 11 is 0. The maximum atomic E-state index is 10.9. The smallest absolute Gasteiger partial charge is 0.324 e. The maximum absolute atomic E-state index is 10.9. The molecule has 0 fully saturated rings. The van der Waals surface area contributed by atoms with E-state index in [0.29, 0.717) is 0 Å². The van der Waals surface area contributed by atoms with E-state index in [0.717, 1.165) is 17.1 Å². The molecule has 72 valence electrons. The van der Waals surface area contributed by atoms with Gasteiger partial charge in [0.2, 0.25) is 0 Å². The molecular formula is C6H8NO5P. The zero-order valence-electron chi connectivity index (χ0n) is 6.58. The third-order valence-electron chi connectivity index (χ3n) is 1.52. The van der Waals surface area contributed by atoms with E-state index in [1.54, 1.807) is 0 Å². The van der Waals surface area contributed by atoms with Crippen LogP contribution >= 0.6 is 7.60 Å². The number of hydrogen-bond donors (Lipinski definition) is 2. The largest absolute Gasteiger partial charge is 0.327 e. The van der Waals surface area contributed by atoms with Crippen LogP contribution in [0.3, 0.4) is 0 Å². The van der Waals surface area contributed by atoms with Crippen LogP contribution in [0.1, 0.15) is 0 Å². The number of rotatable bonds is 3. The van der Waals surface area contributed by atoms with Gasteiger partial charge in [-0.05, 0) is 0 Å². The number of hydrogen-bond acceptors (Lipinski definition) is 3. The van der Waals surface area contributed by atoms with Crippen LogP contribution in [0.5, 0.6) is 0 Å². The lowest BCUT2D eigenvalue weighted by Crippen LogP contribution is -2.32. The summed E-state index contributed by atoms with van der Waals surface area (Å²) in [6.07, 6.45) is 1.65. The second-order valence-electron chi connectivity index (χ2n) is 2.55. The van der Waals surface area contributed by atoms with Crippen LogP contribution in [-0.2, 0) is 14.2 Å². The highest BCUT2D eigenvalue weighted by Crippen LogP contribution is 2.33. The lowest BCUT2D eigenvalue weighted by molar-refractivity contribution is -0.136. The summed E-state index contributed by atoms with van der Waals surface area (Å²) in [7, 11) is -4.15. The van der Waals surface area contributed by atoms with Crippen molar-refractivity contribution in [3.05, 3.63) is 12.2 Å². The molecule has 1 aliphatic rings. The number of amides is 2. The summed E-state index contributed by atoms with van der Waals surface area (Å²) in [6.45, 7) is -0.241. The van der Waals surface area contributed by atoms with Crippen LogP contribution in [0.15, 0.2) is 12.2 Å². The minimum Gasteiger partial charge on any atom is -0.324 e. The van der Waals surface area contributed by atoms with Gasteiger partial charge in [-0.1, -0.05) is 0 Å². The molecule has 1 heterocycles. The molecule has 6 nitrogen and oxygen atoms in total. The van der Waals surface area contributed by atoms with E-state index in [-0.39, 0.29) is 6.54 Å². The van der Waals surface area contributed by atoms with Crippen LogP contribution in [0, 0.1) is 0 Å². The summed E-state index contributed by atoms with van der Waals surface area (Å²) in [5, 5.41) is 0. The molecule has 0 spiro atoms. The van der Waals surface area contributed by atoms with Crippen molar-refractivity contribution in [3.63, 3.8) is 0 Å². The third-order valence-corrected chi connectivity index (χ3v) is 2.30. The predicted octanol–water partition coefficient (Wildman–Crippen LogP) is -0.911. The quantitative estimate of drug-likeness (QED) is 0.459. The van der Waals surface area contributed by atoms with Crippen LogP contribution in [0.2, 0.25) is 0 Å². The Balaban J connectivity index is 2.52. The highest BCUT2D eigenvalue weighted by molar-refractivity contribution is 7.51. The van der Waals surface area contributed by atoms with E-state index in [1.165, 1.54) is 0 Å². The minimum absolute atomic E-state index is 0.241. The first-order valence-electron chi connectivity index (χ1n) is 3.48. The first-order valence-corrected chi connectivity index (χ1v) is 5.28. The Kier molecular flexibility index (Phi) is 2.66. The molecule has 0 bridgehead atoms. The van der Waals surface area contributed by atoms with Gasteiger partial charge >= 0.3 is 7.60 Å². The van der Waals surface area contributed by atoms with E-state index >= 15 is 0 Å². The monoisotopic (exact) mass is 205 g/mol. The maximum Gasteiger partial charge on any atom is 0.327 e. The van der Waals surface area contributed by atoms with Gasteiger partial charge in [-0.25, -0.2) is 0 Å². The normalized spacial score (nSPS) is 17.2. The highest BCUT2D eigenvalue weighted by Gasteiger charge is 2.25. The van der Waals surface area contributed by atoms with Crippen LogP contribution in [-0.4, -0.2) is 39.2 Å². The fourth-order valence-electron chi connectivity index (χ4n) is 0.882. The van der Waals surface area contributed by atoms with Gasteiger partial charge in [-0.3, -0.25) is 19.1 Å². The van der Waals surface area contributed by atoms with Gasteiger partial charge in [0.1, 0.15) is 0 Å².